The van der Waals surface area contributed by atoms with Crippen LogP contribution in [-0.2, 0) is 9.36 Å². The zero-order valence-corrected chi connectivity index (χ0v) is 12.6. The van der Waals surface area contributed by atoms with E-state index in [1.54, 1.807) is 0 Å². The van der Waals surface area contributed by atoms with Gasteiger partial charge in [0.05, 0.1) is 12.5 Å². The lowest BCUT2D eigenvalue weighted by molar-refractivity contribution is -0.167. The first-order valence-corrected chi connectivity index (χ1v) is 8.73. The van der Waals surface area contributed by atoms with Gasteiger partial charge in [-0.15, -0.1) is 0 Å². The molecule has 7 nitrogen and oxygen atoms in total. The molecule has 0 fully saturated rings. The first-order chi connectivity index (χ1) is 8.82. The number of carbonyl (C=O) groups excluding carboxylic acids is 1. The van der Waals surface area contributed by atoms with Crippen molar-refractivity contribution in [3.8, 4) is 0 Å². The SMILES string of the molecule is CCCCC(=O)N(O)CNC(CCCN)P(C)(=O)O. The molecule has 0 aromatic heterocycles. The number of rotatable bonds is 10. The molecule has 2 atom stereocenters. The summed E-state index contributed by atoms with van der Waals surface area (Å²) in [6.07, 6.45) is 2.87. The summed E-state index contributed by atoms with van der Waals surface area (Å²) in [7, 11) is -3.33. The Balaban J connectivity index is 4.23. The molecule has 0 rings (SSSR count). The molecule has 0 radical (unpaired) electrons. The lowest BCUT2D eigenvalue weighted by Crippen LogP contribution is -2.41. The highest BCUT2D eigenvalue weighted by molar-refractivity contribution is 7.57. The minimum atomic E-state index is -3.33. The normalized spacial score (nSPS) is 15.8. The number of nitrogens with zero attached hydrogens (tertiary/aromatic N) is 1. The maximum atomic E-state index is 11.6. The van der Waals surface area contributed by atoms with Crippen LogP contribution in [0.2, 0.25) is 0 Å². The van der Waals surface area contributed by atoms with E-state index < -0.39 is 19.1 Å². The summed E-state index contributed by atoms with van der Waals surface area (Å²) in [6.45, 7) is 3.48. The third-order valence-corrected chi connectivity index (χ3v) is 4.37. The number of hydroxylamine groups is 2. The molecule has 0 bridgehead atoms. The average Bonchev–Trinajstić information content (AvgIpc) is 2.33. The molecule has 8 heteroatoms. The highest BCUT2D eigenvalue weighted by Gasteiger charge is 2.25. The molecule has 19 heavy (non-hydrogen) atoms. The second kappa shape index (κ2) is 9.44. The van der Waals surface area contributed by atoms with E-state index in [2.05, 4.69) is 5.32 Å². The van der Waals surface area contributed by atoms with Crippen LogP contribution in [-0.4, -0.2) is 46.7 Å². The van der Waals surface area contributed by atoms with E-state index >= 15 is 0 Å². The van der Waals surface area contributed by atoms with E-state index in [1.165, 1.54) is 6.66 Å². The van der Waals surface area contributed by atoms with Gasteiger partial charge in [0.1, 0.15) is 0 Å². The smallest absolute Gasteiger partial charge is 0.247 e. The lowest BCUT2D eigenvalue weighted by atomic mass is 10.2. The van der Waals surface area contributed by atoms with Crippen molar-refractivity contribution in [1.29, 1.82) is 0 Å². The van der Waals surface area contributed by atoms with Gasteiger partial charge in [-0.1, -0.05) is 13.3 Å². The fraction of sp³-hybridized carbons (Fsp3) is 0.909. The molecule has 5 N–H and O–H groups in total. The molecular formula is C11H26N3O4P. The van der Waals surface area contributed by atoms with Crippen LogP contribution in [0.5, 0.6) is 0 Å². The summed E-state index contributed by atoms with van der Waals surface area (Å²) in [5, 5.41) is 12.8. The highest BCUT2D eigenvalue weighted by Crippen LogP contribution is 2.42. The van der Waals surface area contributed by atoms with Crippen molar-refractivity contribution in [2.24, 2.45) is 5.73 Å². The predicted molar refractivity (Wildman–Crippen MR) is 74.0 cm³/mol. The summed E-state index contributed by atoms with van der Waals surface area (Å²) in [6, 6.07) is 0. The Labute approximate surface area is 114 Å². The third-order valence-electron chi connectivity index (χ3n) is 2.77. The number of nitrogens with one attached hydrogen (secondary N) is 1. The van der Waals surface area contributed by atoms with Crippen molar-refractivity contribution in [1.82, 2.24) is 10.4 Å². The highest BCUT2D eigenvalue weighted by atomic mass is 31.2. The molecule has 2 unspecified atom stereocenters. The number of unbranched alkanes of at least 4 members (excludes halogenated alkanes) is 1. The van der Waals surface area contributed by atoms with E-state index in [-0.39, 0.29) is 13.1 Å². The van der Waals surface area contributed by atoms with E-state index in [1.807, 2.05) is 6.92 Å². The lowest BCUT2D eigenvalue weighted by Gasteiger charge is -2.24. The third kappa shape index (κ3) is 8.34. The van der Waals surface area contributed by atoms with Crippen LogP contribution in [0.1, 0.15) is 39.0 Å². The Morgan fingerprint density at radius 3 is 2.58 bits per heavy atom. The number of amides is 1. The minimum Gasteiger partial charge on any atom is -0.343 e. The molecule has 114 valence electrons. The zero-order valence-electron chi connectivity index (χ0n) is 11.7. The van der Waals surface area contributed by atoms with Crippen LogP contribution in [0.3, 0.4) is 0 Å². The van der Waals surface area contributed by atoms with Gasteiger partial charge in [-0.3, -0.25) is 19.9 Å². The fourth-order valence-electron chi connectivity index (χ4n) is 1.56. The van der Waals surface area contributed by atoms with Crippen molar-refractivity contribution in [2.75, 3.05) is 19.9 Å². The van der Waals surface area contributed by atoms with Gasteiger partial charge >= 0.3 is 0 Å². The van der Waals surface area contributed by atoms with Gasteiger partial charge in [-0.25, -0.2) is 5.06 Å². The van der Waals surface area contributed by atoms with Gasteiger partial charge in [0.2, 0.25) is 13.3 Å². The van der Waals surface area contributed by atoms with Crippen molar-refractivity contribution in [2.45, 2.75) is 44.8 Å². The summed E-state index contributed by atoms with van der Waals surface area (Å²) in [4.78, 5) is 21.0. The summed E-state index contributed by atoms with van der Waals surface area (Å²) < 4.78 is 11.6. The number of hydrogen-bond acceptors (Lipinski definition) is 5. The van der Waals surface area contributed by atoms with Crippen LogP contribution < -0.4 is 11.1 Å². The van der Waals surface area contributed by atoms with Crippen LogP contribution >= 0.6 is 7.37 Å². The van der Waals surface area contributed by atoms with Crippen LogP contribution in [0, 0.1) is 0 Å². The van der Waals surface area contributed by atoms with E-state index in [4.69, 9.17) is 5.73 Å². The molecule has 0 spiro atoms. The molecule has 0 saturated carbocycles. The van der Waals surface area contributed by atoms with E-state index in [9.17, 15) is 19.5 Å². The Bertz CT molecular complexity index is 308. The van der Waals surface area contributed by atoms with Gasteiger partial charge in [0.25, 0.3) is 0 Å². The number of carbonyl (C=O) groups is 1. The monoisotopic (exact) mass is 295 g/mol. The largest absolute Gasteiger partial charge is 0.343 e. The maximum absolute atomic E-state index is 11.6. The topological polar surface area (TPSA) is 116 Å². The number of hydrogen-bond donors (Lipinski definition) is 4. The zero-order chi connectivity index (χ0) is 14.9. The first kappa shape index (κ1) is 18.5. The van der Waals surface area contributed by atoms with Gasteiger partial charge in [-0.2, -0.15) is 0 Å². The second-order valence-corrected chi connectivity index (χ2v) is 7.16. The minimum absolute atomic E-state index is 0.157. The van der Waals surface area contributed by atoms with Crippen molar-refractivity contribution in [3.05, 3.63) is 0 Å². The second-order valence-electron chi connectivity index (χ2n) is 4.65. The van der Waals surface area contributed by atoms with Crippen molar-refractivity contribution in [3.63, 3.8) is 0 Å². The molecule has 0 aromatic rings. The van der Waals surface area contributed by atoms with Crippen LogP contribution in [0.25, 0.3) is 0 Å². The van der Waals surface area contributed by atoms with Gasteiger partial charge in [0, 0.05) is 13.1 Å². The molecule has 1 amide bonds. The molecular weight excluding hydrogens is 269 g/mol. The van der Waals surface area contributed by atoms with Crippen molar-refractivity contribution >= 4 is 13.3 Å². The molecule has 0 aromatic carbocycles. The van der Waals surface area contributed by atoms with Gasteiger partial charge in [0.15, 0.2) is 0 Å². The standard InChI is InChI=1S/C11H26N3O4P/c1-3-4-7-11(15)14(16)9-13-10(6-5-8-12)19(2,17)18/h10,13,16H,3-9,12H2,1-2H3,(H,17,18). The van der Waals surface area contributed by atoms with E-state index in [0.717, 1.165) is 6.42 Å². The van der Waals surface area contributed by atoms with Gasteiger partial charge in [-0.05, 0) is 25.8 Å². The van der Waals surface area contributed by atoms with Crippen LogP contribution in [0.15, 0.2) is 0 Å². The Kier molecular flexibility index (Phi) is 9.22. The predicted octanol–water partition coefficient (Wildman–Crippen LogP) is 0.907. The Morgan fingerprint density at radius 1 is 1.47 bits per heavy atom. The molecule has 0 aliphatic carbocycles. The van der Waals surface area contributed by atoms with E-state index in [0.29, 0.717) is 30.9 Å². The summed E-state index contributed by atoms with van der Waals surface area (Å²) in [5.74, 6) is -1.06. The van der Waals surface area contributed by atoms with Crippen molar-refractivity contribution < 1.29 is 19.5 Å². The first-order valence-electron chi connectivity index (χ1n) is 6.55. The summed E-state index contributed by atoms with van der Waals surface area (Å²) in [5.41, 5.74) is 5.37. The Hall–Kier alpha value is -0.460. The quantitative estimate of drug-likeness (QED) is 0.206. The van der Waals surface area contributed by atoms with Gasteiger partial charge < -0.3 is 10.6 Å². The molecule has 0 aliphatic rings. The Morgan fingerprint density at radius 2 is 2.11 bits per heavy atom. The summed E-state index contributed by atoms with van der Waals surface area (Å²) >= 11 is 0. The average molecular weight is 295 g/mol. The fourth-order valence-corrected chi connectivity index (χ4v) is 2.64. The van der Waals surface area contributed by atoms with Crippen LogP contribution in [0.4, 0.5) is 0 Å². The molecule has 0 aliphatic heterocycles. The number of nitrogens with two attached hydrogens (primary N) is 1. The molecule has 0 heterocycles. The maximum Gasteiger partial charge on any atom is 0.247 e. The molecule has 0 saturated heterocycles.